The third-order valence-corrected chi connectivity index (χ3v) is 3.65. The van der Waals surface area contributed by atoms with E-state index >= 15 is 0 Å². The average molecular weight is 248 g/mol. The molecule has 0 aliphatic carbocycles. The molecule has 0 saturated carbocycles. The van der Waals surface area contributed by atoms with E-state index < -0.39 is 0 Å². The van der Waals surface area contributed by atoms with E-state index in [0.717, 1.165) is 12.0 Å². The number of aryl methyl sites for hydroxylation is 1. The van der Waals surface area contributed by atoms with E-state index in [4.69, 9.17) is 10.5 Å². The van der Waals surface area contributed by atoms with E-state index in [0.29, 0.717) is 17.9 Å². The zero-order valence-corrected chi connectivity index (χ0v) is 11.1. The lowest BCUT2D eigenvalue weighted by molar-refractivity contribution is 0.0727. The van der Waals surface area contributed by atoms with Crippen molar-refractivity contribution in [3.05, 3.63) is 29.3 Å². The molecule has 1 aromatic carbocycles. The third-order valence-electron chi connectivity index (χ3n) is 3.65. The molecule has 0 radical (unpaired) electrons. The number of hydrogen-bond acceptors (Lipinski definition) is 3. The molecule has 0 bridgehead atoms. The molecule has 4 heteroatoms. The van der Waals surface area contributed by atoms with Gasteiger partial charge in [-0.2, -0.15) is 0 Å². The van der Waals surface area contributed by atoms with Crippen LogP contribution in [0.2, 0.25) is 0 Å². The molecule has 4 nitrogen and oxygen atoms in total. The van der Waals surface area contributed by atoms with Crippen molar-refractivity contribution in [3.63, 3.8) is 0 Å². The SMILES string of the molecule is Cc1cc(N)cc(C(=O)NC2(C)CCOC2C)c1. The maximum Gasteiger partial charge on any atom is 0.251 e. The molecule has 1 aliphatic rings. The number of nitrogens with one attached hydrogen (secondary N) is 1. The van der Waals surface area contributed by atoms with Crippen LogP contribution in [0.5, 0.6) is 0 Å². The lowest BCUT2D eigenvalue weighted by atomic mass is 9.94. The number of nitrogen functional groups attached to an aromatic ring is 1. The number of rotatable bonds is 2. The van der Waals surface area contributed by atoms with Crippen molar-refractivity contribution in [1.82, 2.24) is 5.32 Å². The van der Waals surface area contributed by atoms with Crippen molar-refractivity contribution < 1.29 is 9.53 Å². The van der Waals surface area contributed by atoms with Crippen molar-refractivity contribution in [2.75, 3.05) is 12.3 Å². The van der Waals surface area contributed by atoms with Crippen molar-refractivity contribution >= 4 is 11.6 Å². The first-order valence-electron chi connectivity index (χ1n) is 6.22. The molecular formula is C14H20N2O2. The van der Waals surface area contributed by atoms with Gasteiger partial charge in [0, 0.05) is 17.9 Å². The quantitative estimate of drug-likeness (QED) is 0.785. The standard InChI is InChI=1S/C14H20N2O2/c1-9-6-11(8-12(15)7-9)13(17)16-14(3)4-5-18-10(14)2/h6-8,10H,4-5,15H2,1-3H3,(H,16,17). The minimum atomic E-state index is -0.296. The second-order valence-corrected chi connectivity index (χ2v) is 5.27. The van der Waals surface area contributed by atoms with Gasteiger partial charge in [-0.3, -0.25) is 4.79 Å². The van der Waals surface area contributed by atoms with Gasteiger partial charge < -0.3 is 15.8 Å². The van der Waals surface area contributed by atoms with Crippen LogP contribution in [0.25, 0.3) is 0 Å². The van der Waals surface area contributed by atoms with Crippen LogP contribution in [0.15, 0.2) is 18.2 Å². The van der Waals surface area contributed by atoms with Crippen LogP contribution < -0.4 is 11.1 Å². The minimum absolute atomic E-state index is 0.0311. The third kappa shape index (κ3) is 2.48. The van der Waals surface area contributed by atoms with Crippen LogP contribution in [-0.2, 0) is 4.74 Å². The molecule has 0 spiro atoms. The first-order valence-corrected chi connectivity index (χ1v) is 6.22. The Balaban J connectivity index is 2.17. The van der Waals surface area contributed by atoms with Crippen LogP contribution in [-0.4, -0.2) is 24.2 Å². The number of amides is 1. The summed E-state index contributed by atoms with van der Waals surface area (Å²) in [7, 11) is 0. The molecule has 3 N–H and O–H groups in total. The van der Waals surface area contributed by atoms with E-state index in [9.17, 15) is 4.79 Å². The monoisotopic (exact) mass is 248 g/mol. The molecule has 98 valence electrons. The Kier molecular flexibility index (Phi) is 3.30. The van der Waals surface area contributed by atoms with Crippen molar-refractivity contribution in [1.29, 1.82) is 0 Å². The molecule has 2 atom stereocenters. The lowest BCUT2D eigenvalue weighted by Crippen LogP contribution is -2.50. The molecule has 1 amide bonds. The Morgan fingerprint density at radius 2 is 2.22 bits per heavy atom. The lowest BCUT2D eigenvalue weighted by Gasteiger charge is -2.29. The summed E-state index contributed by atoms with van der Waals surface area (Å²) in [4.78, 5) is 12.2. The van der Waals surface area contributed by atoms with Crippen LogP contribution in [0.3, 0.4) is 0 Å². The van der Waals surface area contributed by atoms with Gasteiger partial charge in [0.2, 0.25) is 0 Å². The van der Waals surface area contributed by atoms with E-state index in [1.807, 2.05) is 32.9 Å². The average Bonchev–Trinajstić information content (AvgIpc) is 2.57. The topological polar surface area (TPSA) is 64.4 Å². The van der Waals surface area contributed by atoms with Gasteiger partial charge in [0.15, 0.2) is 0 Å². The fourth-order valence-electron chi connectivity index (χ4n) is 2.27. The zero-order valence-electron chi connectivity index (χ0n) is 11.1. The molecule has 1 fully saturated rings. The fourth-order valence-corrected chi connectivity index (χ4v) is 2.27. The van der Waals surface area contributed by atoms with Crippen LogP contribution in [0.4, 0.5) is 5.69 Å². The van der Waals surface area contributed by atoms with Crippen LogP contribution in [0, 0.1) is 6.92 Å². The number of carbonyl (C=O) groups excluding carboxylic acids is 1. The first-order chi connectivity index (χ1) is 8.40. The van der Waals surface area contributed by atoms with Crippen LogP contribution in [0.1, 0.15) is 36.2 Å². The van der Waals surface area contributed by atoms with Gasteiger partial charge >= 0.3 is 0 Å². The summed E-state index contributed by atoms with van der Waals surface area (Å²) in [5.41, 5.74) is 7.67. The van der Waals surface area contributed by atoms with Gasteiger partial charge in [0.25, 0.3) is 5.91 Å². The maximum atomic E-state index is 12.2. The summed E-state index contributed by atoms with van der Waals surface area (Å²) in [5.74, 6) is -0.0924. The number of anilines is 1. The largest absolute Gasteiger partial charge is 0.399 e. The number of nitrogens with two attached hydrogens (primary N) is 1. The first kappa shape index (κ1) is 12.9. The number of hydrogen-bond donors (Lipinski definition) is 2. The van der Waals surface area contributed by atoms with Gasteiger partial charge in [0.1, 0.15) is 0 Å². The summed E-state index contributed by atoms with van der Waals surface area (Å²) in [6.07, 6.45) is 0.866. The Morgan fingerprint density at radius 1 is 1.50 bits per heavy atom. The summed E-state index contributed by atoms with van der Waals surface area (Å²) in [6, 6.07) is 5.39. The Labute approximate surface area is 108 Å². The zero-order chi connectivity index (χ0) is 13.3. The molecular weight excluding hydrogens is 228 g/mol. The molecule has 2 rings (SSSR count). The molecule has 18 heavy (non-hydrogen) atoms. The smallest absolute Gasteiger partial charge is 0.251 e. The van der Waals surface area contributed by atoms with E-state index in [1.54, 1.807) is 6.07 Å². The summed E-state index contributed by atoms with van der Waals surface area (Å²) in [6.45, 7) is 6.61. The summed E-state index contributed by atoms with van der Waals surface area (Å²) in [5, 5.41) is 3.06. The van der Waals surface area contributed by atoms with E-state index in [-0.39, 0.29) is 17.6 Å². The molecule has 1 saturated heterocycles. The van der Waals surface area contributed by atoms with Gasteiger partial charge in [-0.05, 0) is 51.0 Å². The highest BCUT2D eigenvalue weighted by Crippen LogP contribution is 2.25. The second kappa shape index (κ2) is 4.61. The van der Waals surface area contributed by atoms with Gasteiger partial charge in [-0.25, -0.2) is 0 Å². The summed E-state index contributed by atoms with van der Waals surface area (Å²) < 4.78 is 5.51. The van der Waals surface area contributed by atoms with Crippen molar-refractivity contribution in [2.45, 2.75) is 38.8 Å². The van der Waals surface area contributed by atoms with Gasteiger partial charge in [-0.15, -0.1) is 0 Å². The van der Waals surface area contributed by atoms with E-state index in [2.05, 4.69) is 5.32 Å². The van der Waals surface area contributed by atoms with Crippen molar-refractivity contribution in [3.8, 4) is 0 Å². The highest BCUT2D eigenvalue weighted by atomic mass is 16.5. The molecule has 2 unspecified atom stereocenters. The van der Waals surface area contributed by atoms with Crippen LogP contribution >= 0.6 is 0 Å². The minimum Gasteiger partial charge on any atom is -0.399 e. The molecule has 1 aromatic rings. The number of carbonyl (C=O) groups is 1. The predicted molar refractivity (Wildman–Crippen MR) is 71.5 cm³/mol. The Morgan fingerprint density at radius 3 is 2.78 bits per heavy atom. The summed E-state index contributed by atoms with van der Waals surface area (Å²) >= 11 is 0. The van der Waals surface area contributed by atoms with Gasteiger partial charge in [0.05, 0.1) is 11.6 Å². The second-order valence-electron chi connectivity index (χ2n) is 5.27. The normalized spacial score (nSPS) is 27.2. The molecule has 1 heterocycles. The maximum absolute atomic E-state index is 12.2. The highest BCUT2D eigenvalue weighted by Gasteiger charge is 2.38. The molecule has 1 aliphatic heterocycles. The predicted octanol–water partition coefficient (Wildman–Crippen LogP) is 1.87. The van der Waals surface area contributed by atoms with E-state index in [1.165, 1.54) is 0 Å². The fraction of sp³-hybridized carbons (Fsp3) is 0.500. The Bertz CT molecular complexity index is 453. The van der Waals surface area contributed by atoms with Gasteiger partial charge in [-0.1, -0.05) is 0 Å². The molecule has 0 aromatic heterocycles. The van der Waals surface area contributed by atoms with Crippen molar-refractivity contribution in [2.24, 2.45) is 0 Å². The number of benzene rings is 1. The number of ether oxygens (including phenoxy) is 1. The Hall–Kier alpha value is -1.55. The highest BCUT2D eigenvalue weighted by molar-refractivity contribution is 5.95.